The zero-order valence-corrected chi connectivity index (χ0v) is 16.0. The summed E-state index contributed by atoms with van der Waals surface area (Å²) in [6.07, 6.45) is 5.00. The van der Waals surface area contributed by atoms with Crippen LogP contribution in [0.5, 0.6) is 0 Å². The van der Waals surface area contributed by atoms with E-state index >= 15 is 0 Å². The summed E-state index contributed by atoms with van der Waals surface area (Å²) in [5.41, 5.74) is 2.70. The van der Waals surface area contributed by atoms with Crippen molar-refractivity contribution in [1.29, 1.82) is 0 Å². The van der Waals surface area contributed by atoms with E-state index in [-0.39, 0.29) is 11.5 Å². The summed E-state index contributed by atoms with van der Waals surface area (Å²) in [4.78, 5) is 23.7. The quantitative estimate of drug-likeness (QED) is 0.187. The summed E-state index contributed by atoms with van der Waals surface area (Å²) in [5.74, 6) is -0.0996. The zero-order valence-electron chi connectivity index (χ0n) is 15.1. The second-order valence-electron chi connectivity index (χ2n) is 6.20. The number of allylic oxidation sites excluding steroid dienone is 1. The number of nitro benzene ring substituents is 1. The number of para-hydroxylation sites is 1. The molecule has 142 valence electrons. The van der Waals surface area contributed by atoms with Crippen LogP contribution in [0.25, 0.3) is 23.0 Å². The first-order valence-electron chi connectivity index (χ1n) is 8.77. The van der Waals surface area contributed by atoms with Crippen LogP contribution in [0.2, 0.25) is 0 Å². The van der Waals surface area contributed by atoms with Crippen LogP contribution in [-0.4, -0.2) is 20.5 Å². The number of hydrogen-bond acceptors (Lipinski definition) is 5. The summed E-state index contributed by atoms with van der Waals surface area (Å²) in [6, 6.07) is 19.4. The maximum Gasteiger partial charge on any atom is 0.270 e. The first-order chi connectivity index (χ1) is 14.1. The van der Waals surface area contributed by atoms with E-state index in [0.29, 0.717) is 21.7 Å². The third-order valence-electron chi connectivity index (χ3n) is 4.27. The predicted octanol–water partition coefficient (Wildman–Crippen LogP) is 5.41. The van der Waals surface area contributed by atoms with Crippen molar-refractivity contribution in [3.63, 3.8) is 0 Å². The van der Waals surface area contributed by atoms with E-state index in [1.807, 2.05) is 48.0 Å². The van der Waals surface area contributed by atoms with Crippen molar-refractivity contribution >= 4 is 28.9 Å². The molecule has 0 atom stereocenters. The number of ketones is 1. The van der Waals surface area contributed by atoms with Crippen LogP contribution >= 0.6 is 11.3 Å². The van der Waals surface area contributed by atoms with Gasteiger partial charge in [0.25, 0.3) is 5.69 Å². The number of carbonyl (C=O) groups excluding carboxylic acids is 1. The number of aromatic nitrogens is 2. The van der Waals surface area contributed by atoms with E-state index in [1.54, 1.807) is 29.0 Å². The molecule has 0 spiro atoms. The average Bonchev–Trinajstić information content (AvgIpc) is 3.43. The molecule has 7 heteroatoms. The largest absolute Gasteiger partial charge is 0.288 e. The van der Waals surface area contributed by atoms with E-state index in [1.165, 1.54) is 29.5 Å². The lowest BCUT2D eigenvalue weighted by molar-refractivity contribution is -0.384. The molecule has 0 radical (unpaired) electrons. The molecule has 4 aromatic rings. The molecular weight excluding hydrogens is 386 g/mol. The molecule has 29 heavy (non-hydrogen) atoms. The molecule has 0 fully saturated rings. The number of carbonyl (C=O) groups is 1. The molecular formula is C22H15N3O3S. The number of rotatable bonds is 6. The summed E-state index contributed by atoms with van der Waals surface area (Å²) in [5, 5.41) is 17.6. The second-order valence-corrected chi connectivity index (χ2v) is 7.14. The van der Waals surface area contributed by atoms with Crippen LogP contribution in [0.4, 0.5) is 5.69 Å². The summed E-state index contributed by atoms with van der Waals surface area (Å²) in [6.45, 7) is 0. The van der Waals surface area contributed by atoms with Gasteiger partial charge in [-0.25, -0.2) is 4.68 Å². The number of nitro groups is 1. The number of benzene rings is 2. The number of nitrogens with zero attached hydrogens (tertiary/aromatic N) is 3. The minimum Gasteiger partial charge on any atom is -0.288 e. The fourth-order valence-electron chi connectivity index (χ4n) is 2.88. The highest BCUT2D eigenvalue weighted by Crippen LogP contribution is 2.28. The topological polar surface area (TPSA) is 78.0 Å². The predicted molar refractivity (Wildman–Crippen MR) is 113 cm³/mol. The van der Waals surface area contributed by atoms with Crippen molar-refractivity contribution in [2.75, 3.05) is 0 Å². The maximum atomic E-state index is 12.4. The monoisotopic (exact) mass is 401 g/mol. The van der Waals surface area contributed by atoms with Crippen molar-refractivity contribution in [2.24, 2.45) is 0 Å². The fourth-order valence-corrected chi connectivity index (χ4v) is 3.52. The minimum atomic E-state index is -0.437. The lowest BCUT2D eigenvalue weighted by Gasteiger charge is -2.00. The van der Waals surface area contributed by atoms with E-state index in [2.05, 4.69) is 5.10 Å². The first kappa shape index (κ1) is 18.5. The molecule has 0 amide bonds. The van der Waals surface area contributed by atoms with Gasteiger partial charge < -0.3 is 0 Å². The van der Waals surface area contributed by atoms with Crippen molar-refractivity contribution < 1.29 is 9.72 Å². The van der Waals surface area contributed by atoms with E-state index in [9.17, 15) is 14.9 Å². The molecule has 0 saturated carbocycles. The Labute approximate surface area is 170 Å². The highest BCUT2D eigenvalue weighted by molar-refractivity contribution is 7.12. The summed E-state index contributed by atoms with van der Waals surface area (Å²) >= 11 is 1.38. The Hall–Kier alpha value is -3.84. The van der Waals surface area contributed by atoms with Crippen LogP contribution in [0, 0.1) is 10.1 Å². The molecule has 2 heterocycles. The summed E-state index contributed by atoms with van der Waals surface area (Å²) < 4.78 is 1.70. The van der Waals surface area contributed by atoms with Crippen molar-refractivity contribution in [1.82, 2.24) is 9.78 Å². The third-order valence-corrected chi connectivity index (χ3v) is 5.16. The lowest BCUT2D eigenvalue weighted by atomic mass is 10.1. The number of non-ortho nitro benzene ring substituents is 1. The SMILES string of the molecule is O=C(/C=C\c1cn(-c2ccccc2)nc1-c1cccc([N+](=O)[O-])c1)c1cccs1. The van der Waals surface area contributed by atoms with Gasteiger partial charge >= 0.3 is 0 Å². The smallest absolute Gasteiger partial charge is 0.270 e. The van der Waals surface area contributed by atoms with E-state index in [0.717, 1.165) is 5.69 Å². The van der Waals surface area contributed by atoms with Gasteiger partial charge in [-0.2, -0.15) is 5.10 Å². The van der Waals surface area contributed by atoms with Crippen LogP contribution in [0.3, 0.4) is 0 Å². The lowest BCUT2D eigenvalue weighted by Crippen LogP contribution is -1.94. The Morgan fingerprint density at radius 2 is 1.90 bits per heavy atom. The molecule has 0 N–H and O–H groups in total. The van der Waals surface area contributed by atoms with Gasteiger partial charge in [-0.15, -0.1) is 11.3 Å². The van der Waals surface area contributed by atoms with E-state index in [4.69, 9.17) is 0 Å². The average molecular weight is 401 g/mol. The molecule has 0 saturated heterocycles. The van der Waals surface area contributed by atoms with Gasteiger partial charge in [-0.3, -0.25) is 14.9 Å². The highest BCUT2D eigenvalue weighted by atomic mass is 32.1. The standard InChI is InChI=1S/C22H15N3O3S/c26-20(21-10-5-13-29-21)12-11-17-15-24(18-7-2-1-3-8-18)23-22(17)16-6-4-9-19(14-16)25(27)28/h1-15H/b12-11-. The Morgan fingerprint density at radius 3 is 2.62 bits per heavy atom. The van der Waals surface area contributed by atoms with Gasteiger partial charge in [0, 0.05) is 29.5 Å². The van der Waals surface area contributed by atoms with Gasteiger partial charge in [0.05, 0.1) is 15.5 Å². The molecule has 0 aliphatic heterocycles. The maximum absolute atomic E-state index is 12.4. The number of thiophene rings is 1. The van der Waals surface area contributed by atoms with Crippen molar-refractivity contribution in [2.45, 2.75) is 0 Å². The normalized spacial score (nSPS) is 11.0. The van der Waals surface area contributed by atoms with Gasteiger partial charge in [0.1, 0.15) is 5.69 Å². The van der Waals surface area contributed by atoms with Crippen LogP contribution in [-0.2, 0) is 0 Å². The van der Waals surface area contributed by atoms with Crippen LogP contribution < -0.4 is 0 Å². The molecule has 0 aliphatic carbocycles. The van der Waals surface area contributed by atoms with Crippen molar-refractivity contribution in [3.05, 3.63) is 105 Å². The second kappa shape index (κ2) is 8.04. The summed E-state index contributed by atoms with van der Waals surface area (Å²) in [7, 11) is 0. The Morgan fingerprint density at radius 1 is 1.07 bits per heavy atom. The molecule has 0 aliphatic rings. The fraction of sp³-hybridized carbons (Fsp3) is 0. The number of hydrogen-bond donors (Lipinski definition) is 0. The van der Waals surface area contributed by atoms with Crippen LogP contribution in [0.15, 0.2) is 84.4 Å². The molecule has 2 aromatic carbocycles. The highest BCUT2D eigenvalue weighted by Gasteiger charge is 2.14. The van der Waals surface area contributed by atoms with Crippen LogP contribution in [0.1, 0.15) is 15.2 Å². The molecule has 0 bridgehead atoms. The first-order valence-corrected chi connectivity index (χ1v) is 9.65. The molecule has 0 unspecified atom stereocenters. The van der Waals surface area contributed by atoms with Gasteiger partial charge in [-0.1, -0.05) is 36.4 Å². The minimum absolute atomic E-state index is 0.0126. The third kappa shape index (κ3) is 4.04. The van der Waals surface area contributed by atoms with Gasteiger partial charge in [0.2, 0.25) is 0 Å². The molecule has 6 nitrogen and oxygen atoms in total. The van der Waals surface area contributed by atoms with Gasteiger partial charge in [0.15, 0.2) is 5.78 Å². The Balaban J connectivity index is 1.78. The Bertz CT molecular complexity index is 1200. The zero-order chi connectivity index (χ0) is 20.2. The van der Waals surface area contributed by atoms with Gasteiger partial charge in [-0.05, 0) is 35.7 Å². The molecule has 2 aromatic heterocycles. The van der Waals surface area contributed by atoms with Crippen molar-refractivity contribution in [3.8, 4) is 16.9 Å². The van der Waals surface area contributed by atoms with E-state index < -0.39 is 4.92 Å². The molecule has 4 rings (SSSR count). The Kier molecular flexibility index (Phi) is 5.13.